The lowest BCUT2D eigenvalue weighted by atomic mass is 10.2. The second kappa shape index (κ2) is 11.7. The van der Waals surface area contributed by atoms with E-state index >= 15 is 0 Å². The molecule has 1 atom stereocenters. The molecule has 1 unspecified atom stereocenters. The van der Waals surface area contributed by atoms with Crippen molar-refractivity contribution in [3.63, 3.8) is 0 Å². The second-order valence-electron chi connectivity index (χ2n) is 4.52. The second-order valence-corrected chi connectivity index (χ2v) is 4.52. The molecular weight excluding hydrogens is 244 g/mol. The topological polar surface area (TPSA) is 62.1 Å². The minimum absolute atomic E-state index is 0.204. The van der Waals surface area contributed by atoms with Gasteiger partial charge in [0.15, 0.2) is 0 Å². The van der Waals surface area contributed by atoms with Crippen LogP contribution in [0.25, 0.3) is 0 Å². The molecule has 0 radical (unpaired) electrons. The van der Waals surface area contributed by atoms with Crippen LogP contribution in [-0.4, -0.2) is 48.5 Å². The number of hydrogen-bond acceptors (Lipinski definition) is 5. The fraction of sp³-hybridized carbons (Fsp3) is 0.714. The van der Waals surface area contributed by atoms with Crippen LogP contribution in [-0.2, 0) is 9.53 Å². The van der Waals surface area contributed by atoms with Gasteiger partial charge in [0.05, 0.1) is 12.7 Å². The molecule has 5 nitrogen and oxygen atoms in total. The Hall–Kier alpha value is -1.36. The minimum Gasteiger partial charge on any atom is -0.464 e. The van der Waals surface area contributed by atoms with Crippen molar-refractivity contribution in [3.8, 4) is 0 Å². The summed E-state index contributed by atoms with van der Waals surface area (Å²) in [6.45, 7) is 8.52. The van der Waals surface area contributed by atoms with Crippen molar-refractivity contribution in [2.45, 2.75) is 45.6 Å². The molecule has 0 saturated carbocycles. The van der Waals surface area contributed by atoms with Crippen molar-refractivity contribution in [2.24, 2.45) is 4.99 Å². The van der Waals surface area contributed by atoms with Gasteiger partial charge in [0.2, 0.25) is 0 Å². The van der Waals surface area contributed by atoms with E-state index < -0.39 is 0 Å². The average Bonchev–Trinajstić information content (AvgIpc) is 2.35. The number of aliphatic hydroxyl groups excluding tert-OH is 1. The maximum Gasteiger partial charge on any atom is 0.325 e. The van der Waals surface area contributed by atoms with Gasteiger partial charge in [-0.15, -0.1) is 0 Å². The highest BCUT2D eigenvalue weighted by Crippen LogP contribution is 2.01. The molecule has 0 aromatic carbocycles. The van der Waals surface area contributed by atoms with Crippen molar-refractivity contribution >= 4 is 12.7 Å². The van der Waals surface area contributed by atoms with Crippen LogP contribution in [0.1, 0.15) is 39.5 Å². The predicted octanol–water partition coefficient (Wildman–Crippen LogP) is 1.96. The number of nitrogens with zero attached hydrogens (tertiary/aromatic N) is 2. The van der Waals surface area contributed by atoms with E-state index in [9.17, 15) is 9.90 Å². The van der Waals surface area contributed by atoms with E-state index in [4.69, 9.17) is 4.74 Å². The van der Waals surface area contributed by atoms with E-state index in [2.05, 4.69) is 18.6 Å². The predicted molar refractivity (Wildman–Crippen MR) is 77.0 cm³/mol. The first-order valence-corrected chi connectivity index (χ1v) is 6.80. The SMILES string of the molecule is C=N/C=C\N(CCCC(C)O)CC(=O)OCCCC. The van der Waals surface area contributed by atoms with Crippen molar-refractivity contribution in [3.05, 3.63) is 12.4 Å². The molecule has 0 aromatic heterocycles. The number of rotatable bonds is 11. The number of carbonyl (C=O) groups excluding carboxylic acids is 1. The van der Waals surface area contributed by atoms with Crippen molar-refractivity contribution < 1.29 is 14.6 Å². The average molecular weight is 270 g/mol. The van der Waals surface area contributed by atoms with Crippen LogP contribution in [0.2, 0.25) is 0 Å². The van der Waals surface area contributed by atoms with Gasteiger partial charge < -0.3 is 14.7 Å². The third kappa shape index (κ3) is 11.5. The van der Waals surface area contributed by atoms with Crippen LogP contribution in [0.15, 0.2) is 17.4 Å². The fourth-order valence-corrected chi connectivity index (χ4v) is 1.48. The molecule has 0 aliphatic carbocycles. The summed E-state index contributed by atoms with van der Waals surface area (Å²) in [4.78, 5) is 17.0. The Morgan fingerprint density at radius 1 is 1.53 bits per heavy atom. The lowest BCUT2D eigenvalue weighted by Crippen LogP contribution is -2.28. The number of unbranched alkanes of at least 4 members (excludes halogenated alkanes) is 1. The number of hydrogen-bond donors (Lipinski definition) is 1. The number of aliphatic hydroxyl groups is 1. The van der Waals surface area contributed by atoms with Crippen LogP contribution < -0.4 is 0 Å². The Balaban J connectivity index is 4.07. The summed E-state index contributed by atoms with van der Waals surface area (Å²) < 4.78 is 5.11. The van der Waals surface area contributed by atoms with Gasteiger partial charge in [-0.25, -0.2) is 0 Å². The maximum atomic E-state index is 11.6. The molecule has 0 fully saturated rings. The van der Waals surface area contributed by atoms with Gasteiger partial charge >= 0.3 is 5.97 Å². The lowest BCUT2D eigenvalue weighted by Gasteiger charge is -2.19. The molecule has 0 saturated heterocycles. The van der Waals surface area contributed by atoms with Crippen molar-refractivity contribution in [2.75, 3.05) is 19.7 Å². The Morgan fingerprint density at radius 2 is 2.26 bits per heavy atom. The van der Waals surface area contributed by atoms with E-state index in [1.54, 1.807) is 19.3 Å². The summed E-state index contributed by atoms with van der Waals surface area (Å²) in [7, 11) is 0. The fourth-order valence-electron chi connectivity index (χ4n) is 1.48. The summed E-state index contributed by atoms with van der Waals surface area (Å²) in [5, 5.41) is 9.21. The summed E-state index contributed by atoms with van der Waals surface area (Å²) in [5.74, 6) is -0.237. The Kier molecular flexibility index (Phi) is 10.9. The molecule has 110 valence electrons. The minimum atomic E-state index is -0.320. The zero-order chi connectivity index (χ0) is 14.5. The van der Waals surface area contributed by atoms with Gasteiger partial charge in [-0.2, -0.15) is 0 Å². The molecule has 0 rings (SSSR count). The molecule has 0 aromatic rings. The first-order chi connectivity index (χ1) is 9.10. The summed E-state index contributed by atoms with van der Waals surface area (Å²) in [6.07, 6.45) is 6.35. The van der Waals surface area contributed by atoms with Gasteiger partial charge in [-0.3, -0.25) is 9.79 Å². The van der Waals surface area contributed by atoms with Gasteiger partial charge in [-0.05, 0) is 32.9 Å². The molecule has 1 N–H and O–H groups in total. The summed E-state index contributed by atoms with van der Waals surface area (Å²) >= 11 is 0. The van der Waals surface area contributed by atoms with Gasteiger partial charge in [0, 0.05) is 18.9 Å². The van der Waals surface area contributed by atoms with Crippen LogP contribution >= 0.6 is 0 Å². The molecule has 0 aliphatic heterocycles. The summed E-state index contributed by atoms with van der Waals surface area (Å²) in [6, 6.07) is 0. The van der Waals surface area contributed by atoms with E-state index in [0.717, 1.165) is 19.3 Å². The molecule has 0 amide bonds. The smallest absolute Gasteiger partial charge is 0.325 e. The Morgan fingerprint density at radius 3 is 2.84 bits per heavy atom. The molecule has 19 heavy (non-hydrogen) atoms. The standard InChI is InChI=1S/C14H26N2O3/c1-4-5-11-19-14(18)12-16(10-8-15-3)9-6-7-13(2)17/h8,10,13,17H,3-7,9,11-12H2,1-2H3/b10-8-. The zero-order valence-corrected chi connectivity index (χ0v) is 12.0. The monoisotopic (exact) mass is 270 g/mol. The highest BCUT2D eigenvalue weighted by atomic mass is 16.5. The van der Waals surface area contributed by atoms with Gasteiger partial charge in [0.1, 0.15) is 6.54 Å². The van der Waals surface area contributed by atoms with Crippen LogP contribution in [0.5, 0.6) is 0 Å². The Labute approximate surface area is 116 Å². The van der Waals surface area contributed by atoms with E-state index in [-0.39, 0.29) is 18.6 Å². The Bertz CT molecular complexity index is 278. The molecule has 0 bridgehead atoms. The van der Waals surface area contributed by atoms with Crippen molar-refractivity contribution in [1.82, 2.24) is 4.90 Å². The first-order valence-electron chi connectivity index (χ1n) is 6.80. The number of ether oxygens (including phenoxy) is 1. The maximum absolute atomic E-state index is 11.6. The van der Waals surface area contributed by atoms with Gasteiger partial charge in [0.25, 0.3) is 0 Å². The highest BCUT2D eigenvalue weighted by molar-refractivity contribution is 5.71. The van der Waals surface area contributed by atoms with Crippen LogP contribution in [0.3, 0.4) is 0 Å². The lowest BCUT2D eigenvalue weighted by molar-refractivity contribution is -0.144. The number of aliphatic imine (C=N–C) groups is 1. The molecule has 0 aliphatic rings. The molecule has 5 heteroatoms. The highest BCUT2D eigenvalue weighted by Gasteiger charge is 2.08. The van der Waals surface area contributed by atoms with Crippen molar-refractivity contribution in [1.29, 1.82) is 0 Å². The number of carbonyl (C=O) groups is 1. The largest absolute Gasteiger partial charge is 0.464 e. The first kappa shape index (κ1) is 17.6. The molecule has 0 heterocycles. The van der Waals surface area contributed by atoms with Crippen LogP contribution in [0, 0.1) is 0 Å². The third-order valence-electron chi connectivity index (χ3n) is 2.54. The quantitative estimate of drug-likeness (QED) is 0.354. The van der Waals surface area contributed by atoms with E-state index in [1.165, 1.54) is 0 Å². The van der Waals surface area contributed by atoms with E-state index in [1.807, 2.05) is 4.90 Å². The van der Waals surface area contributed by atoms with Gasteiger partial charge in [-0.1, -0.05) is 13.3 Å². The molecule has 0 spiro atoms. The molecular formula is C14H26N2O3. The van der Waals surface area contributed by atoms with Crippen LogP contribution in [0.4, 0.5) is 0 Å². The zero-order valence-electron chi connectivity index (χ0n) is 12.0. The number of esters is 1. The van der Waals surface area contributed by atoms with E-state index in [0.29, 0.717) is 19.6 Å². The normalized spacial score (nSPS) is 12.4. The third-order valence-corrected chi connectivity index (χ3v) is 2.54. The summed E-state index contributed by atoms with van der Waals surface area (Å²) in [5.41, 5.74) is 0.